The summed E-state index contributed by atoms with van der Waals surface area (Å²) in [6, 6.07) is 17.1. The van der Waals surface area contributed by atoms with Crippen LogP contribution < -0.4 is 4.74 Å². The van der Waals surface area contributed by atoms with Gasteiger partial charge in [0, 0.05) is 24.9 Å². The second-order valence-corrected chi connectivity index (χ2v) is 10.6. The maximum Gasteiger partial charge on any atom is 0.223 e. The number of amides is 1. The molecule has 2 fully saturated rings. The van der Waals surface area contributed by atoms with E-state index in [1.807, 2.05) is 6.07 Å². The molecule has 0 N–H and O–H groups in total. The second kappa shape index (κ2) is 8.85. The van der Waals surface area contributed by atoms with Crippen molar-refractivity contribution >= 4 is 16.9 Å². The largest absolute Gasteiger partial charge is 0.492 e. The van der Waals surface area contributed by atoms with E-state index >= 15 is 0 Å². The number of hydrogen-bond donors (Lipinski definition) is 0. The number of fused-ring (bicyclic) bond motifs is 1. The van der Waals surface area contributed by atoms with Crippen LogP contribution >= 0.6 is 0 Å². The Labute approximate surface area is 196 Å². The maximum absolute atomic E-state index is 12.8. The lowest BCUT2D eigenvalue weighted by molar-refractivity contribution is -0.129. The molecule has 1 aliphatic heterocycles. The SMILES string of the molecule is CC(C)(C)c1ccc(OCCn2c(C3CC(=O)N(C4CCCC4)C3)nc3ccccc32)cc1. The van der Waals surface area contributed by atoms with E-state index in [0.29, 0.717) is 31.5 Å². The van der Waals surface area contributed by atoms with Gasteiger partial charge in [-0.15, -0.1) is 0 Å². The molecule has 1 unspecified atom stereocenters. The van der Waals surface area contributed by atoms with Gasteiger partial charge < -0.3 is 14.2 Å². The second-order valence-electron chi connectivity index (χ2n) is 10.6. The van der Waals surface area contributed by atoms with E-state index in [4.69, 9.17) is 9.72 Å². The number of likely N-dealkylation sites (tertiary alicyclic amines) is 1. The molecule has 1 saturated heterocycles. The zero-order valence-electron chi connectivity index (χ0n) is 20.1. The monoisotopic (exact) mass is 445 g/mol. The van der Waals surface area contributed by atoms with Crippen LogP contribution in [0.15, 0.2) is 48.5 Å². The molecule has 5 heteroatoms. The Kier molecular flexibility index (Phi) is 5.90. The van der Waals surface area contributed by atoms with Gasteiger partial charge in [-0.3, -0.25) is 4.79 Å². The van der Waals surface area contributed by atoms with Crippen molar-refractivity contribution in [1.29, 1.82) is 0 Å². The lowest BCUT2D eigenvalue weighted by atomic mass is 9.87. The number of benzene rings is 2. The fourth-order valence-electron chi connectivity index (χ4n) is 5.42. The van der Waals surface area contributed by atoms with E-state index in [0.717, 1.165) is 42.0 Å². The number of aromatic nitrogens is 2. The third kappa shape index (κ3) is 4.50. The fourth-order valence-corrected chi connectivity index (χ4v) is 5.42. The molecule has 5 rings (SSSR count). The van der Waals surface area contributed by atoms with Gasteiger partial charge in [0.2, 0.25) is 5.91 Å². The first-order valence-corrected chi connectivity index (χ1v) is 12.4. The minimum atomic E-state index is 0.133. The van der Waals surface area contributed by atoms with Crippen LogP contribution in [-0.4, -0.2) is 39.6 Å². The molecule has 1 atom stereocenters. The molecule has 0 bridgehead atoms. The van der Waals surface area contributed by atoms with Gasteiger partial charge in [0.15, 0.2) is 0 Å². The van der Waals surface area contributed by atoms with Crippen molar-refractivity contribution in [2.24, 2.45) is 0 Å². The standard InChI is InChI=1S/C28H35N3O2/c1-28(2,3)21-12-14-23(15-13-21)33-17-16-30-25-11-7-6-10-24(25)29-27(30)20-18-26(32)31(19-20)22-8-4-5-9-22/h6-7,10-15,20,22H,4-5,8-9,16-19H2,1-3H3. The summed E-state index contributed by atoms with van der Waals surface area (Å²) in [7, 11) is 0. The first-order valence-electron chi connectivity index (χ1n) is 12.4. The molecule has 1 saturated carbocycles. The van der Waals surface area contributed by atoms with Crippen molar-refractivity contribution in [3.05, 3.63) is 59.9 Å². The lowest BCUT2D eigenvalue weighted by Gasteiger charge is -2.24. The number of ether oxygens (including phenoxy) is 1. The molecule has 2 aromatic carbocycles. The average Bonchev–Trinajstić information content (AvgIpc) is 3.52. The topological polar surface area (TPSA) is 47.4 Å². The Morgan fingerprint density at radius 1 is 1.03 bits per heavy atom. The highest BCUT2D eigenvalue weighted by atomic mass is 16.5. The van der Waals surface area contributed by atoms with Crippen molar-refractivity contribution in [2.75, 3.05) is 13.2 Å². The quantitative estimate of drug-likeness (QED) is 0.491. The molecule has 1 aromatic heterocycles. The molecule has 33 heavy (non-hydrogen) atoms. The number of para-hydroxylation sites is 2. The van der Waals surface area contributed by atoms with E-state index < -0.39 is 0 Å². The average molecular weight is 446 g/mol. The highest BCUT2D eigenvalue weighted by Crippen LogP contribution is 2.35. The van der Waals surface area contributed by atoms with Crippen LogP contribution in [0.5, 0.6) is 5.75 Å². The molecule has 2 heterocycles. The summed E-state index contributed by atoms with van der Waals surface area (Å²) in [5, 5.41) is 0. The minimum Gasteiger partial charge on any atom is -0.492 e. The predicted molar refractivity (Wildman–Crippen MR) is 132 cm³/mol. The molecule has 2 aliphatic rings. The number of rotatable bonds is 6. The molecule has 1 aliphatic carbocycles. The van der Waals surface area contributed by atoms with Crippen LogP contribution in [-0.2, 0) is 16.8 Å². The first-order chi connectivity index (χ1) is 15.9. The van der Waals surface area contributed by atoms with Crippen molar-refractivity contribution in [1.82, 2.24) is 14.5 Å². The van der Waals surface area contributed by atoms with Crippen molar-refractivity contribution in [3.8, 4) is 5.75 Å². The van der Waals surface area contributed by atoms with Crippen LogP contribution in [0.25, 0.3) is 11.0 Å². The molecule has 0 radical (unpaired) electrons. The minimum absolute atomic E-state index is 0.133. The Balaban J connectivity index is 1.33. The van der Waals surface area contributed by atoms with Gasteiger partial charge in [0.1, 0.15) is 18.2 Å². The summed E-state index contributed by atoms with van der Waals surface area (Å²) in [4.78, 5) is 19.9. The van der Waals surface area contributed by atoms with Gasteiger partial charge in [-0.05, 0) is 48.1 Å². The van der Waals surface area contributed by atoms with E-state index in [9.17, 15) is 4.79 Å². The maximum atomic E-state index is 12.8. The number of carbonyl (C=O) groups excluding carboxylic acids is 1. The van der Waals surface area contributed by atoms with Gasteiger partial charge in [0.05, 0.1) is 17.6 Å². The van der Waals surface area contributed by atoms with Gasteiger partial charge in [-0.1, -0.05) is 57.9 Å². The van der Waals surface area contributed by atoms with Crippen LogP contribution in [0, 0.1) is 0 Å². The normalized spacial score (nSPS) is 19.7. The van der Waals surface area contributed by atoms with E-state index in [1.54, 1.807) is 0 Å². The molecule has 5 nitrogen and oxygen atoms in total. The smallest absolute Gasteiger partial charge is 0.223 e. The summed E-state index contributed by atoms with van der Waals surface area (Å²) in [5.74, 6) is 2.35. The number of hydrogen-bond acceptors (Lipinski definition) is 3. The van der Waals surface area contributed by atoms with Crippen molar-refractivity contribution in [2.45, 2.75) is 76.8 Å². The zero-order valence-corrected chi connectivity index (χ0v) is 20.1. The molecular formula is C28H35N3O2. The van der Waals surface area contributed by atoms with E-state index in [-0.39, 0.29) is 11.3 Å². The third-order valence-electron chi connectivity index (χ3n) is 7.28. The van der Waals surface area contributed by atoms with Crippen LogP contribution in [0.3, 0.4) is 0 Å². The lowest BCUT2D eigenvalue weighted by Crippen LogP contribution is -2.34. The summed E-state index contributed by atoms with van der Waals surface area (Å²) in [6.07, 6.45) is 5.35. The summed E-state index contributed by atoms with van der Waals surface area (Å²) in [6.45, 7) is 8.73. The molecule has 1 amide bonds. The number of nitrogens with zero attached hydrogens (tertiary/aromatic N) is 3. The van der Waals surface area contributed by atoms with Crippen LogP contribution in [0.1, 0.15) is 70.2 Å². The Morgan fingerprint density at radius 3 is 2.48 bits per heavy atom. The number of carbonyl (C=O) groups is 1. The van der Waals surface area contributed by atoms with Gasteiger partial charge in [-0.2, -0.15) is 0 Å². The zero-order chi connectivity index (χ0) is 23.0. The van der Waals surface area contributed by atoms with E-state index in [1.165, 1.54) is 18.4 Å². The Morgan fingerprint density at radius 2 is 1.76 bits per heavy atom. The van der Waals surface area contributed by atoms with E-state index in [2.05, 4.69) is 72.7 Å². The Hall–Kier alpha value is -2.82. The van der Waals surface area contributed by atoms with Gasteiger partial charge in [0.25, 0.3) is 0 Å². The van der Waals surface area contributed by atoms with Gasteiger partial charge in [-0.25, -0.2) is 4.98 Å². The third-order valence-corrected chi connectivity index (χ3v) is 7.28. The number of imidazole rings is 1. The molecule has 174 valence electrons. The van der Waals surface area contributed by atoms with Crippen LogP contribution in [0.2, 0.25) is 0 Å². The molecule has 0 spiro atoms. The summed E-state index contributed by atoms with van der Waals surface area (Å²) < 4.78 is 8.38. The molecule has 3 aromatic rings. The first kappa shape index (κ1) is 22.0. The fraction of sp³-hybridized carbons (Fsp3) is 0.500. The Bertz CT molecular complexity index is 1120. The van der Waals surface area contributed by atoms with Crippen molar-refractivity contribution in [3.63, 3.8) is 0 Å². The molecular weight excluding hydrogens is 410 g/mol. The summed E-state index contributed by atoms with van der Waals surface area (Å²) in [5.41, 5.74) is 3.55. The predicted octanol–water partition coefficient (Wildman–Crippen LogP) is 5.67. The summed E-state index contributed by atoms with van der Waals surface area (Å²) >= 11 is 0. The highest BCUT2D eigenvalue weighted by molar-refractivity contribution is 5.81. The van der Waals surface area contributed by atoms with Crippen LogP contribution in [0.4, 0.5) is 0 Å². The highest BCUT2D eigenvalue weighted by Gasteiger charge is 2.38. The van der Waals surface area contributed by atoms with Gasteiger partial charge >= 0.3 is 0 Å². The van der Waals surface area contributed by atoms with Crippen molar-refractivity contribution < 1.29 is 9.53 Å².